The van der Waals surface area contributed by atoms with Crippen LogP contribution in [-0.2, 0) is 19.4 Å². The number of amides is 1. The second-order valence-corrected chi connectivity index (χ2v) is 14.9. The highest BCUT2D eigenvalue weighted by atomic mass is 79.9. The molecule has 0 saturated heterocycles. The number of aromatic nitrogens is 4. The molecule has 0 aliphatic carbocycles. The molecule has 292 valence electrons. The Kier molecular flexibility index (Phi) is 17.2. The van der Waals surface area contributed by atoms with E-state index in [4.69, 9.17) is 5.11 Å². The van der Waals surface area contributed by atoms with Crippen molar-refractivity contribution >= 4 is 75.6 Å². The largest absolute Gasteiger partial charge is 0.476 e. The molecule has 0 saturated carbocycles. The Bertz CT molecular complexity index is 2110. The lowest BCUT2D eigenvalue weighted by atomic mass is 10.0. The van der Waals surface area contributed by atoms with Crippen molar-refractivity contribution in [1.82, 2.24) is 35.1 Å². The molecule has 0 atom stereocenters. The van der Waals surface area contributed by atoms with E-state index >= 15 is 0 Å². The minimum absolute atomic E-state index is 0. The van der Waals surface area contributed by atoms with E-state index < -0.39 is 5.97 Å². The molecule has 55 heavy (non-hydrogen) atoms. The maximum absolute atomic E-state index is 12.4. The van der Waals surface area contributed by atoms with Gasteiger partial charge in [0.15, 0.2) is 5.69 Å². The summed E-state index contributed by atoms with van der Waals surface area (Å²) in [5.74, 6) is -1.19. The Balaban J connectivity index is 0.000000303. The van der Waals surface area contributed by atoms with E-state index in [1.54, 1.807) is 23.2 Å². The van der Waals surface area contributed by atoms with E-state index in [1.807, 2.05) is 57.3 Å². The molecular weight excluding hydrogens is 799 g/mol. The summed E-state index contributed by atoms with van der Waals surface area (Å²) in [6, 6.07) is 8.44. The van der Waals surface area contributed by atoms with Crippen LogP contribution in [0.25, 0.3) is 0 Å². The second kappa shape index (κ2) is 21.3. The SMILES string of the molecule is Br.CCN(C)C=Nc1cc(C)c(Cc2nc(C(=O)NCc3cnc(C)cn3)cs2)cc1C.CCN(C)C=Nc1cc(C)c(Cc2nc(C(=O)O)cs2)cc1C. The Labute approximate surface area is 342 Å². The number of hydrogen-bond acceptors (Lipinski definition) is 10. The third-order valence-corrected chi connectivity index (χ3v) is 10.3. The molecule has 2 aromatic carbocycles. The van der Waals surface area contributed by atoms with Crippen LogP contribution in [0.4, 0.5) is 11.4 Å². The Morgan fingerprint density at radius 3 is 1.67 bits per heavy atom. The molecular formula is C40H50BrN9O3S2. The zero-order valence-electron chi connectivity index (χ0n) is 32.9. The van der Waals surface area contributed by atoms with Gasteiger partial charge < -0.3 is 20.2 Å². The molecule has 1 amide bonds. The van der Waals surface area contributed by atoms with Gasteiger partial charge in [0.1, 0.15) is 5.69 Å². The molecule has 3 heterocycles. The Morgan fingerprint density at radius 1 is 0.745 bits per heavy atom. The number of carboxylic acids is 1. The fourth-order valence-corrected chi connectivity index (χ4v) is 6.54. The summed E-state index contributed by atoms with van der Waals surface area (Å²) in [5, 5.41) is 16.9. The van der Waals surface area contributed by atoms with Gasteiger partial charge in [-0.15, -0.1) is 39.7 Å². The van der Waals surface area contributed by atoms with Gasteiger partial charge in [-0.1, -0.05) is 12.1 Å². The highest BCUT2D eigenvalue weighted by Crippen LogP contribution is 2.27. The first-order valence-corrected chi connectivity index (χ1v) is 19.4. The van der Waals surface area contributed by atoms with Crippen molar-refractivity contribution in [2.45, 2.75) is 67.9 Å². The molecule has 0 spiro atoms. The number of halogens is 1. The number of nitrogens with zero attached hydrogens (tertiary/aromatic N) is 8. The number of thiazole rings is 2. The van der Waals surface area contributed by atoms with Crippen molar-refractivity contribution in [2.75, 3.05) is 27.2 Å². The first-order valence-electron chi connectivity index (χ1n) is 17.6. The first-order chi connectivity index (χ1) is 25.8. The lowest BCUT2D eigenvalue weighted by Gasteiger charge is -2.11. The normalized spacial score (nSPS) is 10.9. The molecule has 12 nitrogen and oxygen atoms in total. The number of benzene rings is 2. The van der Waals surface area contributed by atoms with Crippen molar-refractivity contribution < 1.29 is 14.7 Å². The maximum Gasteiger partial charge on any atom is 0.355 e. The minimum atomic E-state index is -0.981. The molecule has 5 rings (SSSR count). The zero-order chi connectivity index (χ0) is 39.4. The molecule has 15 heteroatoms. The van der Waals surface area contributed by atoms with E-state index in [-0.39, 0.29) is 28.6 Å². The predicted octanol–water partition coefficient (Wildman–Crippen LogP) is 8.23. The number of aliphatic imine (C=N–C) groups is 2. The van der Waals surface area contributed by atoms with Crippen LogP contribution >= 0.6 is 39.7 Å². The molecule has 3 aromatic heterocycles. The van der Waals surface area contributed by atoms with Crippen LogP contribution in [0.3, 0.4) is 0 Å². The highest BCUT2D eigenvalue weighted by molar-refractivity contribution is 8.93. The maximum atomic E-state index is 12.4. The Morgan fingerprint density at radius 2 is 1.24 bits per heavy atom. The van der Waals surface area contributed by atoms with Gasteiger partial charge in [0.25, 0.3) is 5.91 Å². The number of nitrogens with one attached hydrogen (secondary N) is 1. The van der Waals surface area contributed by atoms with Crippen molar-refractivity contribution in [3.05, 3.63) is 114 Å². The summed E-state index contributed by atoms with van der Waals surface area (Å²) < 4.78 is 0. The molecule has 0 fully saturated rings. The quantitative estimate of drug-likeness (QED) is 0.0833. The topological polar surface area (TPSA) is 149 Å². The molecule has 5 aromatic rings. The van der Waals surface area contributed by atoms with Crippen LogP contribution < -0.4 is 5.32 Å². The average Bonchev–Trinajstić information content (AvgIpc) is 3.83. The van der Waals surface area contributed by atoms with Crippen LogP contribution in [0.2, 0.25) is 0 Å². The van der Waals surface area contributed by atoms with Crippen LogP contribution in [0.15, 0.2) is 57.4 Å². The summed E-state index contributed by atoms with van der Waals surface area (Å²) >= 11 is 2.88. The number of carboxylic acid groups (broad SMARTS) is 1. The van der Waals surface area contributed by atoms with Gasteiger partial charge in [-0.2, -0.15) is 0 Å². The lowest BCUT2D eigenvalue weighted by Crippen LogP contribution is -2.23. The second-order valence-electron chi connectivity index (χ2n) is 13.0. The number of aromatic carboxylic acids is 1. The van der Waals surface area contributed by atoms with Crippen LogP contribution in [-0.4, -0.2) is 86.6 Å². The zero-order valence-corrected chi connectivity index (χ0v) is 36.2. The molecule has 0 unspecified atom stereocenters. The van der Waals surface area contributed by atoms with E-state index in [9.17, 15) is 9.59 Å². The van der Waals surface area contributed by atoms with E-state index in [0.29, 0.717) is 30.8 Å². The van der Waals surface area contributed by atoms with Crippen LogP contribution in [0, 0.1) is 34.6 Å². The molecule has 0 bridgehead atoms. The monoisotopic (exact) mass is 847 g/mol. The van der Waals surface area contributed by atoms with E-state index in [0.717, 1.165) is 68.0 Å². The molecule has 2 N–H and O–H groups in total. The van der Waals surface area contributed by atoms with Gasteiger partial charge in [-0.3, -0.25) is 14.8 Å². The first kappa shape index (κ1) is 44.5. The van der Waals surface area contributed by atoms with Crippen LogP contribution in [0.5, 0.6) is 0 Å². The third-order valence-electron chi connectivity index (χ3n) is 8.60. The predicted molar refractivity (Wildman–Crippen MR) is 230 cm³/mol. The van der Waals surface area contributed by atoms with E-state index in [1.165, 1.54) is 28.2 Å². The smallest absolute Gasteiger partial charge is 0.355 e. The van der Waals surface area contributed by atoms with Crippen LogP contribution in [0.1, 0.15) is 89.6 Å². The van der Waals surface area contributed by atoms with Crippen molar-refractivity contribution in [3.63, 3.8) is 0 Å². The number of rotatable bonds is 14. The minimum Gasteiger partial charge on any atom is -0.476 e. The summed E-state index contributed by atoms with van der Waals surface area (Å²) in [6.45, 7) is 16.4. The fraction of sp³-hybridized carbons (Fsp3) is 0.350. The van der Waals surface area contributed by atoms with Gasteiger partial charge in [0.05, 0.1) is 58.2 Å². The van der Waals surface area contributed by atoms with Gasteiger partial charge in [-0.05, 0) is 94.0 Å². The highest BCUT2D eigenvalue weighted by Gasteiger charge is 2.14. The summed E-state index contributed by atoms with van der Waals surface area (Å²) in [4.78, 5) is 53.6. The lowest BCUT2D eigenvalue weighted by molar-refractivity contribution is 0.0690. The van der Waals surface area contributed by atoms with Crippen molar-refractivity contribution in [1.29, 1.82) is 0 Å². The van der Waals surface area contributed by atoms with Gasteiger partial charge in [0.2, 0.25) is 0 Å². The summed E-state index contributed by atoms with van der Waals surface area (Å²) in [5.41, 5.74) is 10.9. The average molecular weight is 849 g/mol. The number of hydrogen-bond donors (Lipinski definition) is 2. The number of carbonyl (C=O) groups is 2. The molecule has 0 aliphatic heterocycles. The third kappa shape index (κ3) is 13.4. The van der Waals surface area contributed by atoms with Crippen molar-refractivity contribution in [3.8, 4) is 0 Å². The van der Waals surface area contributed by atoms with Crippen molar-refractivity contribution in [2.24, 2.45) is 9.98 Å². The number of carbonyl (C=O) groups excluding carboxylic acids is 1. The van der Waals surface area contributed by atoms with E-state index in [2.05, 4.69) is 87.2 Å². The van der Waals surface area contributed by atoms with Gasteiger partial charge in [0, 0.05) is 57.0 Å². The van der Waals surface area contributed by atoms with Gasteiger partial charge in [-0.25, -0.2) is 24.7 Å². The molecule has 0 aliphatic rings. The summed E-state index contributed by atoms with van der Waals surface area (Å²) in [7, 11) is 3.99. The number of aryl methyl sites for hydroxylation is 5. The Hall–Kier alpha value is -4.86. The standard InChI is InChI=1S/C23H28N6OS.C17H21N3O2S.BrH/c1-6-29(5)14-27-20-8-15(2)18(7-16(20)3)9-22-28-21(13-31-22)23(30)26-12-19-11-24-17(4)10-25-19;1-5-20(4)10-18-14-7-11(2)13(6-12(14)3)8-16-19-15(9-23-16)17(21)22;/h7-8,10-11,13-14H,6,9,12H2,1-5H3,(H,26,30);6-7,9-10H,5,8H2,1-4H3,(H,21,22);1H. The molecule has 0 radical (unpaired) electrons. The fourth-order valence-electron chi connectivity index (χ4n) is 4.95. The van der Waals surface area contributed by atoms with Gasteiger partial charge >= 0.3 is 5.97 Å². The summed E-state index contributed by atoms with van der Waals surface area (Å²) in [6.07, 6.45) is 8.37.